The number of carbonyl (C=O) groups excluding carboxylic acids is 1. The molecule has 25 heavy (non-hydrogen) atoms. The molecule has 1 aliphatic heterocycles. The summed E-state index contributed by atoms with van der Waals surface area (Å²) in [5, 5.41) is 2.86. The maximum atomic E-state index is 14.3. The molecular formula is C18H27FN4O2. The minimum absolute atomic E-state index is 0.0278. The first-order valence-corrected chi connectivity index (χ1v) is 9.13. The van der Waals surface area contributed by atoms with Crippen LogP contribution in [0.2, 0.25) is 0 Å². The zero-order valence-corrected chi connectivity index (χ0v) is 14.5. The number of anilines is 1. The standard InChI is InChI=1S/C18H27FN4O2/c19-15-9-13(12-22-18(15)23-5-7-25-8-6-23)11-21-17(24)10-14-3-1-2-4-16(14)20/h9,12,14,16H,1-8,10-11,20H2,(H,21,24)/t14-,16-/m1/s1. The minimum Gasteiger partial charge on any atom is -0.378 e. The van der Waals surface area contributed by atoms with Crippen molar-refractivity contribution < 1.29 is 13.9 Å². The predicted molar refractivity (Wildman–Crippen MR) is 93.6 cm³/mol. The zero-order chi connectivity index (χ0) is 17.6. The summed E-state index contributed by atoms with van der Waals surface area (Å²) in [6.45, 7) is 2.74. The molecule has 1 amide bonds. The Kier molecular flexibility index (Phi) is 6.20. The van der Waals surface area contributed by atoms with Crippen molar-refractivity contribution in [2.75, 3.05) is 31.2 Å². The highest BCUT2D eigenvalue weighted by Gasteiger charge is 2.24. The molecule has 0 bridgehead atoms. The lowest BCUT2D eigenvalue weighted by molar-refractivity contribution is -0.122. The summed E-state index contributed by atoms with van der Waals surface area (Å²) in [7, 11) is 0. The van der Waals surface area contributed by atoms with E-state index in [0.29, 0.717) is 44.1 Å². The number of nitrogens with two attached hydrogens (primary N) is 1. The van der Waals surface area contributed by atoms with Crippen LogP contribution in [0.15, 0.2) is 12.3 Å². The number of pyridine rings is 1. The van der Waals surface area contributed by atoms with E-state index in [2.05, 4.69) is 10.3 Å². The van der Waals surface area contributed by atoms with Gasteiger partial charge in [-0.2, -0.15) is 0 Å². The third kappa shape index (κ3) is 4.89. The fourth-order valence-electron chi connectivity index (χ4n) is 3.58. The second-order valence-electron chi connectivity index (χ2n) is 6.94. The molecule has 7 heteroatoms. The molecule has 2 aliphatic rings. The molecule has 6 nitrogen and oxygen atoms in total. The number of morpholine rings is 1. The molecule has 2 atom stereocenters. The van der Waals surface area contributed by atoms with Gasteiger partial charge in [-0.3, -0.25) is 4.79 Å². The lowest BCUT2D eigenvalue weighted by atomic mass is 9.83. The van der Waals surface area contributed by atoms with E-state index >= 15 is 0 Å². The third-order valence-corrected chi connectivity index (χ3v) is 5.09. The van der Waals surface area contributed by atoms with Crippen LogP contribution in [0, 0.1) is 11.7 Å². The number of ether oxygens (including phenoxy) is 1. The Morgan fingerprint density at radius 3 is 2.84 bits per heavy atom. The first-order chi connectivity index (χ1) is 12.1. The Labute approximate surface area is 147 Å². The van der Waals surface area contributed by atoms with E-state index in [4.69, 9.17) is 10.5 Å². The van der Waals surface area contributed by atoms with Crippen LogP contribution >= 0.6 is 0 Å². The van der Waals surface area contributed by atoms with Gasteiger partial charge in [0.15, 0.2) is 11.6 Å². The normalized spacial score (nSPS) is 24.2. The fraction of sp³-hybridized carbons (Fsp3) is 0.667. The third-order valence-electron chi connectivity index (χ3n) is 5.09. The molecule has 138 valence electrons. The Hall–Kier alpha value is -1.73. The minimum atomic E-state index is -0.358. The van der Waals surface area contributed by atoms with Crippen LogP contribution in [0.3, 0.4) is 0 Å². The van der Waals surface area contributed by atoms with Gasteiger partial charge in [0.25, 0.3) is 0 Å². The van der Waals surface area contributed by atoms with Crippen LogP contribution < -0.4 is 16.0 Å². The highest BCUT2D eigenvalue weighted by Crippen LogP contribution is 2.25. The summed E-state index contributed by atoms with van der Waals surface area (Å²) in [6.07, 6.45) is 6.38. The summed E-state index contributed by atoms with van der Waals surface area (Å²) >= 11 is 0. The van der Waals surface area contributed by atoms with Crippen LogP contribution in [-0.2, 0) is 16.1 Å². The molecule has 0 spiro atoms. The van der Waals surface area contributed by atoms with E-state index in [1.165, 1.54) is 6.07 Å². The van der Waals surface area contributed by atoms with Gasteiger partial charge in [-0.05, 0) is 30.4 Å². The van der Waals surface area contributed by atoms with E-state index in [1.54, 1.807) is 6.20 Å². The van der Waals surface area contributed by atoms with E-state index in [1.807, 2.05) is 4.90 Å². The van der Waals surface area contributed by atoms with E-state index in [0.717, 1.165) is 25.7 Å². The average Bonchev–Trinajstić information content (AvgIpc) is 2.63. The number of nitrogens with zero attached hydrogens (tertiary/aromatic N) is 2. The van der Waals surface area contributed by atoms with Crippen molar-refractivity contribution >= 4 is 11.7 Å². The van der Waals surface area contributed by atoms with Gasteiger partial charge in [-0.15, -0.1) is 0 Å². The molecule has 3 rings (SSSR count). The summed E-state index contributed by atoms with van der Waals surface area (Å²) in [6, 6.07) is 1.57. The summed E-state index contributed by atoms with van der Waals surface area (Å²) in [5.41, 5.74) is 6.75. The maximum absolute atomic E-state index is 14.3. The van der Waals surface area contributed by atoms with Crippen molar-refractivity contribution in [3.63, 3.8) is 0 Å². The van der Waals surface area contributed by atoms with E-state index < -0.39 is 0 Å². The van der Waals surface area contributed by atoms with Gasteiger partial charge < -0.3 is 20.7 Å². The topological polar surface area (TPSA) is 80.5 Å². The Morgan fingerprint density at radius 2 is 2.12 bits per heavy atom. The Balaban J connectivity index is 1.50. The number of rotatable bonds is 5. The van der Waals surface area contributed by atoms with Crippen molar-refractivity contribution in [2.45, 2.75) is 44.7 Å². The van der Waals surface area contributed by atoms with Crippen LogP contribution in [-0.4, -0.2) is 43.2 Å². The smallest absolute Gasteiger partial charge is 0.220 e. The number of amides is 1. The molecule has 1 saturated carbocycles. The maximum Gasteiger partial charge on any atom is 0.220 e. The molecule has 1 aliphatic carbocycles. The largest absolute Gasteiger partial charge is 0.378 e. The number of nitrogens with one attached hydrogen (secondary N) is 1. The number of aromatic nitrogens is 1. The van der Waals surface area contributed by atoms with Crippen molar-refractivity contribution in [1.29, 1.82) is 0 Å². The van der Waals surface area contributed by atoms with Crippen molar-refractivity contribution in [3.05, 3.63) is 23.6 Å². The number of carbonyl (C=O) groups is 1. The monoisotopic (exact) mass is 350 g/mol. The van der Waals surface area contributed by atoms with Crippen molar-refractivity contribution in [2.24, 2.45) is 11.7 Å². The summed E-state index contributed by atoms with van der Waals surface area (Å²) in [4.78, 5) is 18.2. The summed E-state index contributed by atoms with van der Waals surface area (Å²) < 4.78 is 19.6. The highest BCUT2D eigenvalue weighted by molar-refractivity contribution is 5.76. The summed E-state index contributed by atoms with van der Waals surface area (Å²) in [5.74, 6) is 0.224. The van der Waals surface area contributed by atoms with Gasteiger partial charge in [-0.1, -0.05) is 12.8 Å². The molecule has 0 radical (unpaired) electrons. The molecule has 1 aromatic heterocycles. The number of hydrogen-bond acceptors (Lipinski definition) is 5. The Morgan fingerprint density at radius 1 is 1.36 bits per heavy atom. The molecule has 1 aromatic rings. The second kappa shape index (κ2) is 8.58. The van der Waals surface area contributed by atoms with Gasteiger partial charge in [0.2, 0.25) is 5.91 Å². The highest BCUT2D eigenvalue weighted by atomic mass is 19.1. The molecule has 1 saturated heterocycles. The second-order valence-corrected chi connectivity index (χ2v) is 6.94. The van der Waals surface area contributed by atoms with Crippen LogP contribution in [0.25, 0.3) is 0 Å². The lowest BCUT2D eigenvalue weighted by Crippen LogP contribution is -2.37. The van der Waals surface area contributed by atoms with Gasteiger partial charge in [0, 0.05) is 38.3 Å². The van der Waals surface area contributed by atoms with Gasteiger partial charge in [0.1, 0.15) is 0 Å². The van der Waals surface area contributed by atoms with Gasteiger partial charge >= 0.3 is 0 Å². The molecule has 3 N–H and O–H groups in total. The van der Waals surface area contributed by atoms with Crippen LogP contribution in [0.4, 0.5) is 10.2 Å². The SMILES string of the molecule is N[C@@H]1CCCC[C@@H]1CC(=O)NCc1cnc(N2CCOCC2)c(F)c1. The van der Waals surface area contributed by atoms with E-state index in [9.17, 15) is 9.18 Å². The van der Waals surface area contributed by atoms with E-state index in [-0.39, 0.29) is 30.2 Å². The quantitative estimate of drug-likeness (QED) is 0.843. The fourth-order valence-corrected chi connectivity index (χ4v) is 3.58. The number of hydrogen-bond donors (Lipinski definition) is 2. The van der Waals surface area contributed by atoms with Crippen LogP contribution in [0.1, 0.15) is 37.7 Å². The first kappa shape index (κ1) is 18.1. The van der Waals surface area contributed by atoms with Crippen molar-refractivity contribution in [1.82, 2.24) is 10.3 Å². The number of halogens is 1. The molecular weight excluding hydrogens is 323 g/mol. The molecule has 2 heterocycles. The predicted octanol–water partition coefficient (Wildman–Crippen LogP) is 1.58. The lowest BCUT2D eigenvalue weighted by Gasteiger charge is -2.28. The van der Waals surface area contributed by atoms with Crippen molar-refractivity contribution in [3.8, 4) is 0 Å². The molecule has 0 unspecified atom stereocenters. The Bertz CT molecular complexity index is 592. The average molecular weight is 350 g/mol. The van der Waals surface area contributed by atoms with Gasteiger partial charge in [-0.25, -0.2) is 9.37 Å². The molecule has 2 fully saturated rings. The first-order valence-electron chi connectivity index (χ1n) is 9.13. The zero-order valence-electron chi connectivity index (χ0n) is 14.5. The van der Waals surface area contributed by atoms with Crippen LogP contribution in [0.5, 0.6) is 0 Å². The molecule has 0 aromatic carbocycles. The van der Waals surface area contributed by atoms with Gasteiger partial charge in [0.05, 0.1) is 13.2 Å².